The minimum atomic E-state index is -0.372. The first-order valence-electron chi connectivity index (χ1n) is 7.91. The molecule has 4 aliphatic heterocycles. The van der Waals surface area contributed by atoms with Gasteiger partial charge in [0.25, 0.3) is 0 Å². The van der Waals surface area contributed by atoms with Gasteiger partial charge < -0.3 is 9.47 Å². The summed E-state index contributed by atoms with van der Waals surface area (Å²) < 4.78 is 11.3. The van der Waals surface area contributed by atoms with Crippen molar-refractivity contribution in [1.82, 2.24) is 0 Å². The van der Waals surface area contributed by atoms with Crippen molar-refractivity contribution in [3.05, 3.63) is 42.5 Å². The Labute approximate surface area is 131 Å². The summed E-state index contributed by atoms with van der Waals surface area (Å²) in [6.45, 7) is 0. The van der Waals surface area contributed by atoms with Gasteiger partial charge in [0, 0.05) is 0 Å². The molecule has 23 heavy (non-hydrogen) atoms. The second-order valence-corrected chi connectivity index (χ2v) is 6.73. The number of carbonyl (C=O) groups is 2. The van der Waals surface area contributed by atoms with Gasteiger partial charge in [0.05, 0.1) is 29.7 Å². The number of amides is 2. The molecule has 4 saturated heterocycles. The molecule has 0 N–H and O–H groups in total. The van der Waals surface area contributed by atoms with Crippen LogP contribution in [0.1, 0.15) is 0 Å². The molecule has 4 heterocycles. The molecule has 2 bridgehead atoms. The van der Waals surface area contributed by atoms with Crippen molar-refractivity contribution in [3.63, 3.8) is 0 Å². The van der Waals surface area contributed by atoms with Crippen molar-refractivity contribution < 1.29 is 19.1 Å². The van der Waals surface area contributed by atoms with Crippen LogP contribution >= 0.6 is 0 Å². The summed E-state index contributed by atoms with van der Waals surface area (Å²) in [5.41, 5.74) is 0.655. The molecule has 0 unspecified atom stereocenters. The molecule has 0 spiro atoms. The first-order chi connectivity index (χ1) is 11.2. The van der Waals surface area contributed by atoms with Crippen molar-refractivity contribution in [2.24, 2.45) is 11.8 Å². The predicted octanol–water partition coefficient (Wildman–Crippen LogP) is 1.49. The summed E-state index contributed by atoms with van der Waals surface area (Å²) in [7, 11) is 0. The van der Waals surface area contributed by atoms with E-state index in [0.29, 0.717) is 5.69 Å². The van der Waals surface area contributed by atoms with Gasteiger partial charge in [-0.05, 0) is 22.9 Å². The predicted molar refractivity (Wildman–Crippen MR) is 80.7 cm³/mol. The minimum absolute atomic E-state index is 0.0227. The Morgan fingerprint density at radius 1 is 0.739 bits per heavy atom. The Bertz CT molecular complexity index is 861. The van der Waals surface area contributed by atoms with Crippen LogP contribution < -0.4 is 4.90 Å². The van der Waals surface area contributed by atoms with Gasteiger partial charge in [0.1, 0.15) is 12.2 Å². The van der Waals surface area contributed by atoms with Crippen molar-refractivity contribution in [3.8, 4) is 0 Å². The lowest BCUT2D eigenvalue weighted by atomic mass is 9.81. The number of epoxide rings is 1. The highest BCUT2D eigenvalue weighted by Crippen LogP contribution is 2.57. The number of rotatable bonds is 1. The number of ether oxygens (including phenoxy) is 2. The number of hydrogen-bond acceptors (Lipinski definition) is 4. The highest BCUT2D eigenvalue weighted by molar-refractivity contribution is 6.23. The van der Waals surface area contributed by atoms with Crippen molar-refractivity contribution in [1.29, 1.82) is 0 Å². The standard InChI is InChI=1S/C18H13NO4/c20-17-11-12(14-16-15(23-16)13(11)22-14)18(21)19(17)10-6-5-8-3-1-2-4-9(8)7-10/h1-7,11-16H/t11-,12+,13-,14+,15+,16-. The summed E-state index contributed by atoms with van der Waals surface area (Å²) in [5.74, 6) is -1.03. The molecule has 4 fully saturated rings. The van der Waals surface area contributed by atoms with Crippen LogP contribution in [0, 0.1) is 11.8 Å². The number of fused-ring (bicyclic) bond motifs is 9. The normalized spacial score (nSPS) is 39.9. The molecule has 0 aliphatic carbocycles. The van der Waals surface area contributed by atoms with Crippen LogP contribution in [0.2, 0.25) is 0 Å². The zero-order valence-corrected chi connectivity index (χ0v) is 12.1. The van der Waals surface area contributed by atoms with Gasteiger partial charge >= 0.3 is 0 Å². The molecule has 6 atom stereocenters. The van der Waals surface area contributed by atoms with Crippen LogP contribution in [-0.4, -0.2) is 36.2 Å². The van der Waals surface area contributed by atoms with E-state index < -0.39 is 0 Å². The zero-order valence-electron chi connectivity index (χ0n) is 12.1. The summed E-state index contributed by atoms with van der Waals surface area (Å²) >= 11 is 0. The molecule has 5 nitrogen and oxygen atoms in total. The number of carbonyl (C=O) groups excluding carboxylic acids is 2. The summed E-state index contributed by atoms with van der Waals surface area (Å²) in [6, 6.07) is 13.6. The van der Waals surface area contributed by atoms with Crippen LogP contribution in [0.15, 0.2) is 42.5 Å². The fourth-order valence-electron chi connectivity index (χ4n) is 4.55. The molecule has 2 aromatic rings. The molecular formula is C18H13NO4. The van der Waals surface area contributed by atoms with Gasteiger partial charge in [0.2, 0.25) is 11.8 Å². The second kappa shape index (κ2) is 3.80. The van der Waals surface area contributed by atoms with Crippen molar-refractivity contribution in [2.75, 3.05) is 4.90 Å². The van der Waals surface area contributed by atoms with Gasteiger partial charge in [-0.3, -0.25) is 9.59 Å². The average molecular weight is 307 g/mol. The third-order valence-electron chi connectivity index (χ3n) is 5.62. The highest BCUT2D eigenvalue weighted by atomic mass is 16.7. The summed E-state index contributed by atoms with van der Waals surface area (Å²) in [5, 5.41) is 2.11. The van der Waals surface area contributed by atoms with E-state index >= 15 is 0 Å². The van der Waals surface area contributed by atoms with Crippen LogP contribution in [0.25, 0.3) is 10.8 Å². The third-order valence-corrected chi connectivity index (χ3v) is 5.62. The maximum absolute atomic E-state index is 12.9. The second-order valence-electron chi connectivity index (χ2n) is 6.73. The van der Waals surface area contributed by atoms with Gasteiger partial charge in [0.15, 0.2) is 0 Å². The van der Waals surface area contributed by atoms with E-state index in [1.54, 1.807) is 0 Å². The Morgan fingerprint density at radius 2 is 1.35 bits per heavy atom. The van der Waals surface area contributed by atoms with E-state index in [0.717, 1.165) is 10.8 Å². The van der Waals surface area contributed by atoms with E-state index in [4.69, 9.17) is 9.47 Å². The highest BCUT2D eigenvalue weighted by Gasteiger charge is 2.75. The SMILES string of the molecule is O=C1[C@@H]2[C@@H]3O[C@@H]([C@@H]4O[C@@H]43)[C@@H]2C(=O)N1c1ccc2ccccc2c1. The van der Waals surface area contributed by atoms with Crippen LogP contribution in [-0.2, 0) is 19.1 Å². The van der Waals surface area contributed by atoms with E-state index in [9.17, 15) is 9.59 Å². The average Bonchev–Trinajstić information content (AvgIpc) is 3.08. The molecule has 5 heteroatoms. The quantitative estimate of drug-likeness (QED) is 0.592. The molecular weight excluding hydrogens is 294 g/mol. The first kappa shape index (κ1) is 12.2. The van der Waals surface area contributed by atoms with Crippen LogP contribution in [0.3, 0.4) is 0 Å². The number of hydrogen-bond donors (Lipinski definition) is 0. The third kappa shape index (κ3) is 1.36. The molecule has 114 valence electrons. The smallest absolute Gasteiger partial charge is 0.240 e. The number of imide groups is 1. The van der Waals surface area contributed by atoms with Gasteiger partial charge in [-0.25, -0.2) is 4.90 Å². The van der Waals surface area contributed by atoms with E-state index in [-0.39, 0.29) is 48.1 Å². The molecule has 0 saturated carbocycles. The molecule has 0 aromatic heterocycles. The fraction of sp³-hybridized carbons (Fsp3) is 0.333. The Hall–Kier alpha value is -2.24. The molecule has 2 aromatic carbocycles. The lowest BCUT2D eigenvalue weighted by Gasteiger charge is -2.19. The van der Waals surface area contributed by atoms with Crippen LogP contribution in [0.5, 0.6) is 0 Å². The van der Waals surface area contributed by atoms with Crippen molar-refractivity contribution in [2.45, 2.75) is 24.4 Å². The minimum Gasteiger partial charge on any atom is -0.368 e. The zero-order chi connectivity index (χ0) is 15.3. The first-order valence-corrected chi connectivity index (χ1v) is 7.91. The van der Waals surface area contributed by atoms with E-state index in [1.165, 1.54) is 4.90 Å². The van der Waals surface area contributed by atoms with Crippen LogP contribution in [0.4, 0.5) is 5.69 Å². The fourth-order valence-corrected chi connectivity index (χ4v) is 4.55. The van der Waals surface area contributed by atoms with E-state index in [2.05, 4.69) is 0 Å². The lowest BCUT2D eigenvalue weighted by molar-refractivity contribution is -0.126. The lowest BCUT2D eigenvalue weighted by Crippen LogP contribution is -2.35. The monoisotopic (exact) mass is 307 g/mol. The Balaban J connectivity index is 1.45. The van der Waals surface area contributed by atoms with Gasteiger partial charge in [-0.2, -0.15) is 0 Å². The van der Waals surface area contributed by atoms with Gasteiger partial charge in [-0.15, -0.1) is 0 Å². The molecule has 0 radical (unpaired) electrons. The summed E-state index contributed by atoms with van der Waals surface area (Å²) in [6.07, 6.45) is -0.432. The maximum Gasteiger partial charge on any atom is 0.240 e. The van der Waals surface area contributed by atoms with Crippen molar-refractivity contribution >= 4 is 28.3 Å². The topological polar surface area (TPSA) is 59.1 Å². The number of anilines is 1. The molecule has 6 rings (SSSR count). The van der Waals surface area contributed by atoms with Gasteiger partial charge in [-0.1, -0.05) is 30.3 Å². The van der Waals surface area contributed by atoms with E-state index in [1.807, 2.05) is 42.5 Å². The Kier molecular flexibility index (Phi) is 2.02. The number of nitrogens with zero attached hydrogens (tertiary/aromatic N) is 1. The summed E-state index contributed by atoms with van der Waals surface area (Å²) in [4.78, 5) is 27.1. The Morgan fingerprint density at radius 3 is 2.04 bits per heavy atom. The number of benzene rings is 2. The largest absolute Gasteiger partial charge is 0.368 e. The molecule has 4 aliphatic rings. The maximum atomic E-state index is 12.9. The molecule has 2 amide bonds.